The van der Waals surface area contributed by atoms with Gasteiger partial charge in [-0.25, -0.2) is 4.98 Å². The maximum atomic E-state index is 12.8. The van der Waals surface area contributed by atoms with E-state index in [9.17, 15) is 9.59 Å². The number of benzene rings is 1. The van der Waals surface area contributed by atoms with Gasteiger partial charge in [-0.15, -0.1) is 10.2 Å². The standard InChI is InChI=1S/C21H22N4O4S/c1-11-8-12(2)10-15(9-11)21-25-24-20(30-21)13(3)23-19(27)17-18(29-14(4)26)16(28-5)6-7-22-17/h6-10,13H,1-5H3,(H,23,27)/t13-/m0/s1. The zero-order valence-electron chi connectivity index (χ0n) is 17.3. The summed E-state index contributed by atoms with van der Waals surface area (Å²) in [6, 6.07) is 7.28. The Morgan fingerprint density at radius 2 is 1.83 bits per heavy atom. The molecule has 0 bridgehead atoms. The van der Waals surface area contributed by atoms with E-state index in [0.29, 0.717) is 5.01 Å². The molecule has 0 aliphatic heterocycles. The van der Waals surface area contributed by atoms with Crippen LogP contribution in [0, 0.1) is 13.8 Å². The lowest BCUT2D eigenvalue weighted by Crippen LogP contribution is -2.28. The Bertz CT molecular complexity index is 1080. The van der Waals surface area contributed by atoms with Crippen molar-refractivity contribution >= 4 is 23.2 Å². The summed E-state index contributed by atoms with van der Waals surface area (Å²) in [6.07, 6.45) is 1.41. The SMILES string of the molecule is COc1ccnc(C(=O)N[C@@H](C)c2nnc(-c3cc(C)cc(C)c3)s2)c1OC(C)=O. The molecule has 0 aliphatic carbocycles. The van der Waals surface area contributed by atoms with Crippen LogP contribution < -0.4 is 14.8 Å². The number of methoxy groups -OCH3 is 1. The van der Waals surface area contributed by atoms with Crippen LogP contribution in [-0.2, 0) is 4.79 Å². The topological polar surface area (TPSA) is 103 Å². The molecule has 156 valence electrons. The maximum absolute atomic E-state index is 12.8. The van der Waals surface area contributed by atoms with Gasteiger partial charge in [0, 0.05) is 24.8 Å². The van der Waals surface area contributed by atoms with E-state index in [1.54, 1.807) is 6.92 Å². The molecule has 1 N–H and O–H groups in total. The highest BCUT2D eigenvalue weighted by Gasteiger charge is 2.23. The summed E-state index contributed by atoms with van der Waals surface area (Å²) in [5, 5.41) is 12.7. The monoisotopic (exact) mass is 426 g/mol. The lowest BCUT2D eigenvalue weighted by atomic mass is 10.1. The Labute approximate surface area is 178 Å². The van der Waals surface area contributed by atoms with Crippen molar-refractivity contribution in [2.24, 2.45) is 0 Å². The normalized spacial score (nSPS) is 11.6. The smallest absolute Gasteiger partial charge is 0.308 e. The highest BCUT2D eigenvalue weighted by molar-refractivity contribution is 7.14. The number of pyridine rings is 1. The van der Waals surface area contributed by atoms with Crippen LogP contribution in [0.2, 0.25) is 0 Å². The molecular weight excluding hydrogens is 404 g/mol. The third-order valence-electron chi connectivity index (χ3n) is 4.18. The number of hydrogen-bond acceptors (Lipinski definition) is 8. The lowest BCUT2D eigenvalue weighted by Gasteiger charge is -2.14. The molecule has 9 heteroatoms. The first-order chi connectivity index (χ1) is 14.3. The van der Waals surface area contributed by atoms with E-state index in [-0.39, 0.29) is 17.2 Å². The Kier molecular flexibility index (Phi) is 6.41. The summed E-state index contributed by atoms with van der Waals surface area (Å²) in [5.74, 6) is -0.872. The average molecular weight is 426 g/mol. The molecule has 3 aromatic rings. The first-order valence-corrected chi connectivity index (χ1v) is 10.0. The van der Waals surface area contributed by atoms with Gasteiger partial charge in [-0.05, 0) is 32.9 Å². The molecule has 0 unspecified atom stereocenters. The van der Waals surface area contributed by atoms with Gasteiger partial charge in [0.05, 0.1) is 13.2 Å². The fraction of sp³-hybridized carbons (Fsp3) is 0.286. The summed E-state index contributed by atoms with van der Waals surface area (Å²) in [6.45, 7) is 7.11. The third kappa shape index (κ3) is 4.80. The molecule has 1 atom stereocenters. The molecule has 0 saturated carbocycles. The molecule has 2 aromatic heterocycles. The number of nitrogens with one attached hydrogen (secondary N) is 1. The van der Waals surface area contributed by atoms with E-state index in [2.05, 4.69) is 26.6 Å². The predicted octanol–water partition coefficient (Wildman–Crippen LogP) is 3.64. The average Bonchev–Trinajstić information content (AvgIpc) is 3.17. The van der Waals surface area contributed by atoms with Crippen LogP contribution in [-0.4, -0.2) is 34.2 Å². The van der Waals surface area contributed by atoms with Crippen LogP contribution in [0.15, 0.2) is 30.5 Å². The minimum absolute atomic E-state index is 0.0228. The lowest BCUT2D eigenvalue weighted by molar-refractivity contribution is -0.132. The van der Waals surface area contributed by atoms with Gasteiger partial charge in [0.2, 0.25) is 5.75 Å². The van der Waals surface area contributed by atoms with Gasteiger partial charge < -0.3 is 14.8 Å². The fourth-order valence-electron chi connectivity index (χ4n) is 2.95. The van der Waals surface area contributed by atoms with Crippen LogP contribution in [0.25, 0.3) is 10.6 Å². The van der Waals surface area contributed by atoms with Crippen molar-refractivity contribution in [2.45, 2.75) is 33.7 Å². The first-order valence-electron chi connectivity index (χ1n) is 9.22. The summed E-state index contributed by atoms with van der Waals surface area (Å²) in [7, 11) is 1.42. The molecule has 30 heavy (non-hydrogen) atoms. The highest BCUT2D eigenvalue weighted by atomic mass is 32.1. The van der Waals surface area contributed by atoms with Crippen LogP contribution in [0.1, 0.15) is 46.5 Å². The predicted molar refractivity (Wildman–Crippen MR) is 113 cm³/mol. The summed E-state index contributed by atoms with van der Waals surface area (Å²) in [4.78, 5) is 28.3. The number of carbonyl (C=O) groups excluding carboxylic acids is 2. The van der Waals surface area contributed by atoms with Crippen LogP contribution >= 0.6 is 11.3 Å². The minimum atomic E-state index is -0.578. The van der Waals surface area contributed by atoms with Crippen LogP contribution in [0.3, 0.4) is 0 Å². The van der Waals surface area contributed by atoms with Crippen molar-refractivity contribution in [3.8, 4) is 22.1 Å². The Hall–Kier alpha value is -3.33. The largest absolute Gasteiger partial charge is 0.493 e. The molecular formula is C21H22N4O4S. The number of hydrogen-bond donors (Lipinski definition) is 1. The van der Waals surface area contributed by atoms with E-state index >= 15 is 0 Å². The van der Waals surface area contributed by atoms with Gasteiger partial charge in [0.15, 0.2) is 11.4 Å². The molecule has 0 radical (unpaired) electrons. The van der Waals surface area contributed by atoms with E-state index in [1.165, 1.54) is 37.6 Å². The van der Waals surface area contributed by atoms with Gasteiger partial charge >= 0.3 is 5.97 Å². The quantitative estimate of drug-likeness (QED) is 0.600. The minimum Gasteiger partial charge on any atom is -0.493 e. The number of rotatable bonds is 6. The van der Waals surface area contributed by atoms with Crippen LogP contribution in [0.5, 0.6) is 11.5 Å². The number of ether oxygens (including phenoxy) is 2. The molecule has 1 aromatic carbocycles. The molecule has 1 amide bonds. The van der Waals surface area contributed by atoms with Crippen molar-refractivity contribution in [3.05, 3.63) is 52.3 Å². The van der Waals surface area contributed by atoms with E-state index in [4.69, 9.17) is 9.47 Å². The second-order valence-electron chi connectivity index (χ2n) is 6.80. The molecule has 8 nitrogen and oxygen atoms in total. The third-order valence-corrected chi connectivity index (χ3v) is 5.33. The van der Waals surface area contributed by atoms with Crippen molar-refractivity contribution in [3.63, 3.8) is 0 Å². The second-order valence-corrected chi connectivity index (χ2v) is 7.81. The number of amides is 1. The molecule has 0 fully saturated rings. The molecule has 0 saturated heterocycles. The summed E-state index contributed by atoms with van der Waals surface area (Å²) in [5.41, 5.74) is 3.23. The van der Waals surface area contributed by atoms with E-state index < -0.39 is 17.9 Å². The number of nitrogens with zero attached hydrogens (tertiary/aromatic N) is 3. The van der Waals surface area contributed by atoms with Gasteiger partial charge in [-0.3, -0.25) is 9.59 Å². The van der Waals surface area contributed by atoms with Crippen molar-refractivity contribution in [1.82, 2.24) is 20.5 Å². The van der Waals surface area contributed by atoms with Crippen molar-refractivity contribution in [2.75, 3.05) is 7.11 Å². The summed E-state index contributed by atoms with van der Waals surface area (Å²) < 4.78 is 10.3. The fourth-order valence-corrected chi connectivity index (χ4v) is 3.78. The molecule has 0 aliphatic rings. The van der Waals surface area contributed by atoms with Gasteiger partial charge in [-0.2, -0.15) is 0 Å². The molecule has 2 heterocycles. The van der Waals surface area contributed by atoms with E-state index in [0.717, 1.165) is 21.7 Å². The number of aryl methyl sites for hydroxylation is 2. The van der Waals surface area contributed by atoms with Gasteiger partial charge in [0.1, 0.15) is 10.0 Å². The zero-order chi connectivity index (χ0) is 21.8. The van der Waals surface area contributed by atoms with Gasteiger partial charge in [-0.1, -0.05) is 28.5 Å². The molecule has 0 spiro atoms. The van der Waals surface area contributed by atoms with Gasteiger partial charge in [0.25, 0.3) is 5.91 Å². The Morgan fingerprint density at radius 3 is 2.47 bits per heavy atom. The highest BCUT2D eigenvalue weighted by Crippen LogP contribution is 2.31. The van der Waals surface area contributed by atoms with E-state index in [1.807, 2.05) is 26.0 Å². The second kappa shape index (κ2) is 9.00. The van der Waals surface area contributed by atoms with Crippen molar-refractivity contribution < 1.29 is 19.1 Å². The number of carbonyl (C=O) groups is 2. The maximum Gasteiger partial charge on any atom is 0.308 e. The van der Waals surface area contributed by atoms with Crippen molar-refractivity contribution in [1.29, 1.82) is 0 Å². The van der Waals surface area contributed by atoms with Crippen LogP contribution in [0.4, 0.5) is 0 Å². The Morgan fingerprint density at radius 1 is 1.13 bits per heavy atom. The zero-order valence-corrected chi connectivity index (χ0v) is 18.2. The molecule has 3 rings (SSSR count). The summed E-state index contributed by atoms with van der Waals surface area (Å²) >= 11 is 1.40. The number of esters is 1. The number of aromatic nitrogens is 3. The first kappa shape index (κ1) is 21.4. The Balaban J connectivity index is 1.82.